The highest BCUT2D eigenvalue weighted by Crippen LogP contribution is 2.16. The fourth-order valence-corrected chi connectivity index (χ4v) is 5.79. The average Bonchev–Trinajstić information content (AvgIpc) is 2.86. The van der Waals surface area contributed by atoms with Gasteiger partial charge in [-0.15, -0.1) is 0 Å². The van der Waals surface area contributed by atoms with Crippen molar-refractivity contribution < 1.29 is 21.5 Å². The molecule has 0 heterocycles. The fraction of sp³-hybridized carbons (Fsp3) is 1.00. The molecule has 0 aliphatic rings. The van der Waals surface area contributed by atoms with Crippen molar-refractivity contribution in [1.82, 2.24) is 0 Å². The van der Waals surface area contributed by atoms with Gasteiger partial charge in [-0.3, -0.25) is 0 Å². The lowest BCUT2D eigenvalue weighted by molar-refractivity contribution is -0.870. The molecule has 0 amide bonds. The molecule has 0 fully saturated rings. The van der Waals surface area contributed by atoms with Crippen LogP contribution in [0.4, 0.5) is 0 Å². The Balaban J connectivity index is 0. The van der Waals surface area contributed by atoms with Crippen molar-refractivity contribution in [3.05, 3.63) is 0 Å². The Bertz CT molecular complexity index is 403. The highest BCUT2D eigenvalue weighted by atomic mass is 79.9. The zero-order valence-electron chi connectivity index (χ0n) is 27.5. The molecule has 0 N–H and O–H groups in total. The minimum Gasteiger partial charge on any atom is -1.00 e. The maximum absolute atomic E-state index is 2.31. The molecule has 0 saturated heterocycles. The molecule has 0 aromatic carbocycles. The lowest BCUT2D eigenvalue weighted by atomic mass is 10.0. The molecule has 0 aliphatic carbocycles. The van der Waals surface area contributed by atoms with Crippen LogP contribution in [0.2, 0.25) is 0 Å². The number of hydrogen-bond acceptors (Lipinski definition) is 0. The summed E-state index contributed by atoms with van der Waals surface area (Å²) in [6.45, 7) is 3.64. The van der Waals surface area contributed by atoms with Crippen LogP contribution in [0.3, 0.4) is 0 Å². The van der Waals surface area contributed by atoms with Crippen LogP contribution in [0, 0.1) is 0 Å². The summed E-state index contributed by atoms with van der Waals surface area (Å²) >= 11 is 0. The summed E-state index contributed by atoms with van der Waals surface area (Å²) in [5, 5.41) is 0. The standard InChI is InChI=1S/C36H76N.BrH/c1-5-6-7-8-9-10-11-12-13-14-15-16-17-18-19-20-21-22-23-24-25-26-27-28-29-30-31-32-33-34-35-36-37(2,3)4;/h5-36H2,1-4H3;1H/q+1;/p-1. The minimum absolute atomic E-state index is 0. The molecule has 0 radical (unpaired) electrons. The third-order valence-corrected chi connectivity index (χ3v) is 8.43. The molecule has 0 unspecified atom stereocenters. The molecule has 1 nitrogen and oxygen atoms in total. The second-order valence-electron chi connectivity index (χ2n) is 13.6. The van der Waals surface area contributed by atoms with Crippen molar-refractivity contribution in [2.24, 2.45) is 0 Å². The molecular weight excluding hydrogens is 526 g/mol. The largest absolute Gasteiger partial charge is 1.00 e. The molecule has 0 bridgehead atoms. The number of hydrogen-bond donors (Lipinski definition) is 0. The van der Waals surface area contributed by atoms with Gasteiger partial charge in [-0.05, 0) is 12.8 Å². The first-order chi connectivity index (χ1) is 18.1. The van der Waals surface area contributed by atoms with Crippen LogP contribution < -0.4 is 17.0 Å². The lowest BCUT2D eigenvalue weighted by Crippen LogP contribution is -3.00. The third-order valence-electron chi connectivity index (χ3n) is 8.43. The molecule has 0 saturated carbocycles. The molecule has 2 heteroatoms. The summed E-state index contributed by atoms with van der Waals surface area (Å²) in [6.07, 6.45) is 45.8. The SMILES string of the molecule is CCCCCCCCCCCCCCCCCCCCCCCCCCCCCCCCC[N+](C)(C)C.[Br-]. The topological polar surface area (TPSA) is 0 Å². The number of rotatable bonds is 32. The van der Waals surface area contributed by atoms with Crippen LogP contribution in [0.1, 0.15) is 206 Å². The Labute approximate surface area is 254 Å². The van der Waals surface area contributed by atoms with Crippen LogP contribution in [0.5, 0.6) is 0 Å². The number of nitrogens with zero attached hydrogens (tertiary/aromatic N) is 1. The molecule has 0 atom stereocenters. The van der Waals surface area contributed by atoms with E-state index < -0.39 is 0 Å². The molecule has 0 rings (SSSR count). The van der Waals surface area contributed by atoms with E-state index in [0.29, 0.717) is 0 Å². The van der Waals surface area contributed by atoms with Gasteiger partial charge in [0.05, 0.1) is 27.7 Å². The van der Waals surface area contributed by atoms with Gasteiger partial charge >= 0.3 is 0 Å². The van der Waals surface area contributed by atoms with Crippen LogP contribution in [-0.2, 0) is 0 Å². The van der Waals surface area contributed by atoms with E-state index in [9.17, 15) is 0 Å². The first-order valence-electron chi connectivity index (χ1n) is 17.9. The molecule has 38 heavy (non-hydrogen) atoms. The van der Waals surface area contributed by atoms with Gasteiger partial charge in [-0.2, -0.15) is 0 Å². The van der Waals surface area contributed by atoms with E-state index in [-0.39, 0.29) is 17.0 Å². The van der Waals surface area contributed by atoms with E-state index >= 15 is 0 Å². The van der Waals surface area contributed by atoms with Gasteiger partial charge in [0, 0.05) is 0 Å². The van der Waals surface area contributed by atoms with E-state index in [1.807, 2.05) is 0 Å². The maximum atomic E-state index is 2.31. The van der Waals surface area contributed by atoms with E-state index in [1.165, 1.54) is 206 Å². The van der Waals surface area contributed by atoms with E-state index in [0.717, 1.165) is 4.48 Å². The summed E-state index contributed by atoms with van der Waals surface area (Å²) in [5.74, 6) is 0. The van der Waals surface area contributed by atoms with Gasteiger partial charge < -0.3 is 21.5 Å². The highest BCUT2D eigenvalue weighted by molar-refractivity contribution is 4.52. The Morgan fingerprint density at radius 1 is 0.263 bits per heavy atom. The normalized spacial score (nSPS) is 11.7. The van der Waals surface area contributed by atoms with Crippen LogP contribution >= 0.6 is 0 Å². The van der Waals surface area contributed by atoms with Crippen LogP contribution in [0.25, 0.3) is 0 Å². The summed E-state index contributed by atoms with van der Waals surface area (Å²) < 4.78 is 1.12. The second-order valence-corrected chi connectivity index (χ2v) is 13.6. The molecule has 232 valence electrons. The predicted molar refractivity (Wildman–Crippen MR) is 172 cm³/mol. The van der Waals surface area contributed by atoms with Crippen LogP contribution in [0.15, 0.2) is 0 Å². The van der Waals surface area contributed by atoms with Crippen molar-refractivity contribution in [1.29, 1.82) is 0 Å². The molecule has 0 aromatic heterocycles. The minimum atomic E-state index is 0. The van der Waals surface area contributed by atoms with Gasteiger partial charge in [0.25, 0.3) is 0 Å². The predicted octanol–water partition coefficient (Wildman–Crippen LogP) is 9.81. The van der Waals surface area contributed by atoms with Gasteiger partial charge in [-0.25, -0.2) is 0 Å². The van der Waals surface area contributed by atoms with E-state index in [1.54, 1.807) is 0 Å². The zero-order chi connectivity index (χ0) is 27.1. The lowest BCUT2D eigenvalue weighted by Gasteiger charge is -2.23. The van der Waals surface area contributed by atoms with Gasteiger partial charge in [0.15, 0.2) is 0 Å². The Morgan fingerprint density at radius 3 is 0.579 bits per heavy atom. The fourth-order valence-electron chi connectivity index (χ4n) is 5.79. The Kier molecular flexibility index (Phi) is 35.9. The van der Waals surface area contributed by atoms with Crippen molar-refractivity contribution in [3.8, 4) is 0 Å². The first-order valence-corrected chi connectivity index (χ1v) is 17.9. The molecule has 0 aromatic rings. The molecule has 0 aliphatic heterocycles. The summed E-state index contributed by atoms with van der Waals surface area (Å²) in [7, 11) is 6.92. The smallest absolute Gasteiger partial charge is 0.0780 e. The molecule has 0 spiro atoms. The second kappa shape index (κ2) is 33.6. The van der Waals surface area contributed by atoms with Gasteiger partial charge in [0.2, 0.25) is 0 Å². The summed E-state index contributed by atoms with van der Waals surface area (Å²) in [4.78, 5) is 0. The van der Waals surface area contributed by atoms with Gasteiger partial charge in [-0.1, -0.05) is 193 Å². The quantitative estimate of drug-likeness (QED) is 0.0531. The van der Waals surface area contributed by atoms with Gasteiger partial charge in [0.1, 0.15) is 0 Å². The zero-order valence-corrected chi connectivity index (χ0v) is 29.0. The Morgan fingerprint density at radius 2 is 0.421 bits per heavy atom. The summed E-state index contributed by atoms with van der Waals surface area (Å²) in [6, 6.07) is 0. The van der Waals surface area contributed by atoms with Crippen molar-refractivity contribution in [2.75, 3.05) is 27.7 Å². The average molecular weight is 603 g/mol. The monoisotopic (exact) mass is 602 g/mol. The number of halogens is 1. The third kappa shape index (κ3) is 38.6. The maximum Gasteiger partial charge on any atom is 0.0780 e. The van der Waals surface area contributed by atoms with E-state index in [4.69, 9.17) is 0 Å². The van der Waals surface area contributed by atoms with Crippen LogP contribution in [-0.4, -0.2) is 32.2 Å². The van der Waals surface area contributed by atoms with E-state index in [2.05, 4.69) is 28.1 Å². The number of unbranched alkanes of at least 4 members (excludes halogenated alkanes) is 30. The van der Waals surface area contributed by atoms with Crippen molar-refractivity contribution >= 4 is 0 Å². The first kappa shape index (κ1) is 40.6. The summed E-state index contributed by atoms with van der Waals surface area (Å²) in [5.41, 5.74) is 0. The Hall–Kier alpha value is 0.440. The van der Waals surface area contributed by atoms with Crippen molar-refractivity contribution in [2.45, 2.75) is 206 Å². The van der Waals surface area contributed by atoms with Crippen molar-refractivity contribution in [3.63, 3.8) is 0 Å². The molecular formula is C36H76BrN. The highest BCUT2D eigenvalue weighted by Gasteiger charge is 2.05. The number of quaternary nitrogens is 1.